The number of carbonyl (C=O) groups is 2. The van der Waals surface area contributed by atoms with Crippen molar-refractivity contribution in [2.24, 2.45) is 5.92 Å². The van der Waals surface area contributed by atoms with Gasteiger partial charge in [0.1, 0.15) is 6.04 Å². The van der Waals surface area contributed by atoms with Crippen LogP contribution >= 0.6 is 11.3 Å². The molecule has 4 nitrogen and oxygen atoms in total. The Hall–Kier alpha value is -1.36. The van der Waals surface area contributed by atoms with Gasteiger partial charge in [0.15, 0.2) is 0 Å². The van der Waals surface area contributed by atoms with Crippen molar-refractivity contribution in [2.75, 3.05) is 6.54 Å². The van der Waals surface area contributed by atoms with E-state index in [1.54, 1.807) is 4.90 Å². The summed E-state index contributed by atoms with van der Waals surface area (Å²) in [6, 6.07) is 3.73. The van der Waals surface area contributed by atoms with Gasteiger partial charge in [0.2, 0.25) is 5.91 Å². The van der Waals surface area contributed by atoms with E-state index in [9.17, 15) is 9.59 Å². The van der Waals surface area contributed by atoms with Crippen molar-refractivity contribution in [3.63, 3.8) is 0 Å². The van der Waals surface area contributed by atoms with E-state index in [0.717, 1.165) is 36.5 Å². The number of amides is 2. The Morgan fingerprint density at radius 3 is 2.68 bits per heavy atom. The highest BCUT2D eigenvalue weighted by Gasteiger charge is 2.35. The molecule has 1 N–H and O–H groups in total. The molecule has 22 heavy (non-hydrogen) atoms. The Morgan fingerprint density at radius 1 is 1.23 bits per heavy atom. The molecule has 2 fully saturated rings. The fourth-order valence-corrected chi connectivity index (χ4v) is 4.20. The first-order chi connectivity index (χ1) is 10.6. The van der Waals surface area contributed by atoms with Crippen LogP contribution in [0.3, 0.4) is 0 Å². The van der Waals surface area contributed by atoms with Crippen LogP contribution < -0.4 is 5.32 Å². The normalized spacial score (nSPS) is 28.6. The lowest BCUT2D eigenvalue weighted by Crippen LogP contribution is -2.49. The number of rotatable bonds is 3. The minimum Gasteiger partial charge on any atom is -0.352 e. The Bertz CT molecular complexity index is 521. The molecule has 120 valence electrons. The van der Waals surface area contributed by atoms with Crippen LogP contribution in [0.1, 0.15) is 55.1 Å². The first-order valence-corrected chi connectivity index (χ1v) is 9.18. The van der Waals surface area contributed by atoms with Crippen LogP contribution in [-0.4, -0.2) is 35.3 Å². The van der Waals surface area contributed by atoms with Gasteiger partial charge < -0.3 is 10.2 Å². The molecule has 1 saturated carbocycles. The minimum atomic E-state index is -0.283. The molecule has 2 heterocycles. The van der Waals surface area contributed by atoms with Gasteiger partial charge in [0.05, 0.1) is 4.88 Å². The molecule has 1 saturated heterocycles. The maximum absolute atomic E-state index is 12.6. The van der Waals surface area contributed by atoms with Gasteiger partial charge in [-0.05, 0) is 55.9 Å². The zero-order valence-electron chi connectivity index (χ0n) is 13.1. The molecule has 0 spiro atoms. The number of thiophene rings is 1. The summed E-state index contributed by atoms with van der Waals surface area (Å²) in [7, 11) is 0. The first-order valence-electron chi connectivity index (χ1n) is 8.30. The third-order valence-electron chi connectivity index (χ3n) is 4.91. The number of likely N-dealkylation sites (tertiary alicyclic amines) is 1. The molecule has 0 bridgehead atoms. The summed E-state index contributed by atoms with van der Waals surface area (Å²) in [6.07, 6.45) is 6.21. The molecule has 1 unspecified atom stereocenters. The molecule has 2 amide bonds. The van der Waals surface area contributed by atoms with E-state index in [2.05, 4.69) is 12.2 Å². The van der Waals surface area contributed by atoms with Gasteiger partial charge in [-0.3, -0.25) is 9.59 Å². The van der Waals surface area contributed by atoms with Crippen molar-refractivity contribution in [1.29, 1.82) is 0 Å². The maximum Gasteiger partial charge on any atom is 0.264 e. The molecule has 3 rings (SSSR count). The molecule has 1 aliphatic carbocycles. The van der Waals surface area contributed by atoms with Crippen LogP contribution in [0.25, 0.3) is 0 Å². The van der Waals surface area contributed by atoms with Gasteiger partial charge in [-0.25, -0.2) is 0 Å². The molecule has 0 aromatic carbocycles. The lowest BCUT2D eigenvalue weighted by atomic mass is 9.87. The summed E-state index contributed by atoms with van der Waals surface area (Å²) < 4.78 is 0. The molecule has 1 aromatic heterocycles. The van der Waals surface area contributed by atoms with Crippen LogP contribution in [0, 0.1) is 5.92 Å². The second-order valence-electron chi connectivity index (χ2n) is 6.60. The van der Waals surface area contributed by atoms with Gasteiger partial charge >= 0.3 is 0 Å². The molecule has 1 aromatic rings. The molecular formula is C17H24N2O2S. The Labute approximate surface area is 135 Å². The summed E-state index contributed by atoms with van der Waals surface area (Å²) >= 11 is 1.44. The zero-order valence-corrected chi connectivity index (χ0v) is 13.9. The molecule has 0 radical (unpaired) electrons. The maximum atomic E-state index is 12.6. The predicted molar refractivity (Wildman–Crippen MR) is 87.9 cm³/mol. The fourth-order valence-electron chi connectivity index (χ4n) is 3.53. The predicted octanol–water partition coefficient (Wildman–Crippen LogP) is 3.05. The van der Waals surface area contributed by atoms with Crippen molar-refractivity contribution in [2.45, 2.75) is 57.5 Å². The SMILES string of the molecule is CC1CCC(NC(=O)C2CCCN2C(=O)c2cccs2)CC1. The number of carbonyl (C=O) groups excluding carboxylic acids is 2. The van der Waals surface area contributed by atoms with Crippen molar-refractivity contribution in [1.82, 2.24) is 10.2 Å². The van der Waals surface area contributed by atoms with Crippen LogP contribution in [0.2, 0.25) is 0 Å². The second-order valence-corrected chi connectivity index (χ2v) is 7.55. The van der Waals surface area contributed by atoms with E-state index in [0.29, 0.717) is 12.6 Å². The summed E-state index contributed by atoms with van der Waals surface area (Å²) in [5.41, 5.74) is 0. The monoisotopic (exact) mass is 320 g/mol. The van der Waals surface area contributed by atoms with Crippen molar-refractivity contribution >= 4 is 23.2 Å². The molecular weight excluding hydrogens is 296 g/mol. The summed E-state index contributed by atoms with van der Waals surface area (Å²) in [5, 5.41) is 5.09. The number of hydrogen-bond acceptors (Lipinski definition) is 3. The Balaban J connectivity index is 1.60. The van der Waals surface area contributed by atoms with Crippen molar-refractivity contribution in [3.05, 3.63) is 22.4 Å². The molecule has 1 aliphatic heterocycles. The molecule has 5 heteroatoms. The van der Waals surface area contributed by atoms with E-state index in [4.69, 9.17) is 0 Å². The highest BCUT2D eigenvalue weighted by atomic mass is 32.1. The van der Waals surface area contributed by atoms with Crippen LogP contribution in [0.15, 0.2) is 17.5 Å². The van der Waals surface area contributed by atoms with E-state index < -0.39 is 0 Å². The van der Waals surface area contributed by atoms with E-state index >= 15 is 0 Å². The summed E-state index contributed by atoms with van der Waals surface area (Å²) in [5.74, 6) is 0.823. The topological polar surface area (TPSA) is 49.4 Å². The minimum absolute atomic E-state index is 0.00455. The van der Waals surface area contributed by atoms with Crippen LogP contribution in [0.5, 0.6) is 0 Å². The molecule has 2 aliphatic rings. The van der Waals surface area contributed by atoms with Gasteiger partial charge in [-0.15, -0.1) is 11.3 Å². The first kappa shape index (κ1) is 15.5. The summed E-state index contributed by atoms with van der Waals surface area (Å²) in [4.78, 5) is 27.6. The van der Waals surface area contributed by atoms with Gasteiger partial charge in [-0.2, -0.15) is 0 Å². The lowest BCUT2D eigenvalue weighted by molar-refractivity contribution is -0.125. The number of nitrogens with one attached hydrogen (secondary N) is 1. The highest BCUT2D eigenvalue weighted by Crippen LogP contribution is 2.25. The van der Waals surface area contributed by atoms with E-state index in [1.807, 2.05) is 17.5 Å². The van der Waals surface area contributed by atoms with Crippen LogP contribution in [0.4, 0.5) is 0 Å². The zero-order chi connectivity index (χ0) is 15.5. The van der Waals surface area contributed by atoms with Gasteiger partial charge in [0, 0.05) is 12.6 Å². The average molecular weight is 320 g/mol. The Kier molecular flexibility index (Phi) is 4.81. The third kappa shape index (κ3) is 3.35. The smallest absolute Gasteiger partial charge is 0.264 e. The number of hydrogen-bond donors (Lipinski definition) is 1. The second kappa shape index (κ2) is 6.82. The van der Waals surface area contributed by atoms with E-state index in [1.165, 1.54) is 24.2 Å². The van der Waals surface area contributed by atoms with E-state index in [-0.39, 0.29) is 17.9 Å². The fraction of sp³-hybridized carbons (Fsp3) is 0.647. The van der Waals surface area contributed by atoms with Crippen molar-refractivity contribution in [3.8, 4) is 0 Å². The van der Waals surface area contributed by atoms with Crippen LogP contribution in [-0.2, 0) is 4.79 Å². The quantitative estimate of drug-likeness (QED) is 0.930. The van der Waals surface area contributed by atoms with Gasteiger partial charge in [-0.1, -0.05) is 13.0 Å². The number of nitrogens with zero attached hydrogens (tertiary/aromatic N) is 1. The third-order valence-corrected chi connectivity index (χ3v) is 5.77. The Morgan fingerprint density at radius 2 is 2.00 bits per heavy atom. The summed E-state index contributed by atoms with van der Waals surface area (Å²) in [6.45, 7) is 2.97. The van der Waals surface area contributed by atoms with Gasteiger partial charge in [0.25, 0.3) is 5.91 Å². The largest absolute Gasteiger partial charge is 0.352 e. The van der Waals surface area contributed by atoms with Crippen molar-refractivity contribution < 1.29 is 9.59 Å². The standard InChI is InChI=1S/C17H24N2O2S/c1-12-6-8-13(9-7-12)18-16(20)14-4-2-10-19(14)17(21)15-5-3-11-22-15/h3,5,11-14H,2,4,6-10H2,1H3,(H,18,20). The molecule has 1 atom stereocenters. The highest BCUT2D eigenvalue weighted by molar-refractivity contribution is 7.12. The lowest BCUT2D eigenvalue weighted by Gasteiger charge is -2.30. The average Bonchev–Trinajstić information content (AvgIpc) is 3.20.